The van der Waals surface area contributed by atoms with Crippen LogP contribution in [-0.4, -0.2) is 66.4 Å². The van der Waals surface area contributed by atoms with Crippen LogP contribution < -0.4 is 20.1 Å². The van der Waals surface area contributed by atoms with Gasteiger partial charge in [-0.3, -0.25) is 9.59 Å². The van der Waals surface area contributed by atoms with Crippen LogP contribution in [0.2, 0.25) is 5.02 Å². The van der Waals surface area contributed by atoms with Gasteiger partial charge in [-0.25, -0.2) is 9.36 Å². The summed E-state index contributed by atoms with van der Waals surface area (Å²) in [6, 6.07) is 15.0. The lowest BCUT2D eigenvalue weighted by atomic mass is 10.1. The quantitative estimate of drug-likeness (QED) is 0.228. The lowest BCUT2D eigenvalue weighted by Gasteiger charge is -2.16. The number of halogens is 4. The van der Waals surface area contributed by atoms with Gasteiger partial charge in [-0.05, 0) is 68.4 Å². The van der Waals surface area contributed by atoms with Gasteiger partial charge in [0.05, 0.1) is 49.3 Å². The number of nitrogens with zero attached hydrogens (tertiary/aromatic N) is 8. The minimum Gasteiger partial charge on any atom is -0.497 e. The molecule has 5 aromatic rings. The van der Waals surface area contributed by atoms with Gasteiger partial charge in [0.1, 0.15) is 11.5 Å². The Kier molecular flexibility index (Phi) is 8.89. The predicted octanol–water partition coefficient (Wildman–Crippen LogP) is 3.95. The molecule has 0 atom stereocenters. The lowest BCUT2D eigenvalue weighted by molar-refractivity contribution is -0.137. The number of carbonyl (C=O) groups excluding carboxylic acids is 2. The average molecular weight is 643 g/mol. The first kappa shape index (κ1) is 30.9. The summed E-state index contributed by atoms with van der Waals surface area (Å²) in [7, 11) is 3.03. The molecule has 14 nitrogen and oxygen atoms in total. The molecule has 0 saturated heterocycles. The number of amides is 2. The second-order valence-electron chi connectivity index (χ2n) is 9.31. The number of ether oxygens (including phenoxy) is 2. The molecule has 2 amide bonds. The smallest absolute Gasteiger partial charge is 0.416 e. The monoisotopic (exact) mass is 642 g/mol. The van der Waals surface area contributed by atoms with E-state index in [9.17, 15) is 22.8 Å². The molecule has 2 aromatic heterocycles. The number of hydrogen-bond donors (Lipinski definition) is 2. The summed E-state index contributed by atoms with van der Waals surface area (Å²) in [5.41, 5.74) is -0.678. The van der Waals surface area contributed by atoms with Gasteiger partial charge in [0.2, 0.25) is 11.6 Å². The van der Waals surface area contributed by atoms with Gasteiger partial charge < -0.3 is 20.1 Å². The zero-order valence-electron chi connectivity index (χ0n) is 23.4. The van der Waals surface area contributed by atoms with E-state index in [2.05, 4.69) is 41.7 Å². The van der Waals surface area contributed by atoms with E-state index in [1.165, 1.54) is 14.2 Å². The Bertz CT molecular complexity index is 1700. The number of hydrogen-bond acceptors (Lipinski definition) is 10. The standard InChI is InChI=1S/C27H22ClF3N10O4/c1-44-18-7-3-15(4-8-18)13-40-23(34-36-38-40)25(42)32-20-11-17(27(29,30)31)12-21(22(20)28)33-26(43)24-35-37-39-41(24)14-16-5-9-19(45-2)10-6-16/h3-12H,13-14H2,1-2H3,(H,32,42)(H,33,43). The molecule has 0 fully saturated rings. The number of nitrogens with one attached hydrogen (secondary N) is 2. The zero-order chi connectivity index (χ0) is 32.1. The van der Waals surface area contributed by atoms with Gasteiger partial charge in [0.15, 0.2) is 0 Å². The van der Waals surface area contributed by atoms with Crippen molar-refractivity contribution >= 4 is 34.8 Å². The lowest BCUT2D eigenvalue weighted by Crippen LogP contribution is -2.22. The highest BCUT2D eigenvalue weighted by Gasteiger charge is 2.33. The molecule has 18 heteroatoms. The summed E-state index contributed by atoms with van der Waals surface area (Å²) in [4.78, 5) is 26.2. The van der Waals surface area contributed by atoms with E-state index < -0.39 is 40.0 Å². The van der Waals surface area contributed by atoms with Gasteiger partial charge in [0.25, 0.3) is 11.8 Å². The first-order chi connectivity index (χ1) is 21.5. The van der Waals surface area contributed by atoms with Crippen molar-refractivity contribution in [3.05, 3.63) is 94.0 Å². The molecule has 0 aliphatic carbocycles. The summed E-state index contributed by atoms with van der Waals surface area (Å²) in [5.74, 6) is -1.27. The Morgan fingerprint density at radius 3 is 1.51 bits per heavy atom. The molecule has 0 bridgehead atoms. The molecule has 0 aliphatic heterocycles. The van der Waals surface area contributed by atoms with Crippen molar-refractivity contribution in [1.82, 2.24) is 40.4 Å². The van der Waals surface area contributed by atoms with E-state index in [4.69, 9.17) is 21.1 Å². The SMILES string of the molecule is COc1ccc(Cn2nnnc2C(=O)Nc2cc(C(F)(F)F)cc(NC(=O)c3nnnn3Cc3ccc(OC)cc3)c2Cl)cc1. The van der Waals surface area contributed by atoms with Crippen LogP contribution in [0.15, 0.2) is 60.7 Å². The first-order valence-electron chi connectivity index (χ1n) is 12.9. The second kappa shape index (κ2) is 13.0. The number of alkyl halides is 3. The zero-order valence-corrected chi connectivity index (χ0v) is 24.2. The van der Waals surface area contributed by atoms with E-state index in [1.54, 1.807) is 48.5 Å². The third-order valence-electron chi connectivity index (χ3n) is 6.35. The van der Waals surface area contributed by atoms with Crippen molar-refractivity contribution < 1.29 is 32.2 Å². The fourth-order valence-electron chi connectivity index (χ4n) is 4.08. The Morgan fingerprint density at radius 2 is 1.16 bits per heavy atom. The first-order valence-corrected chi connectivity index (χ1v) is 13.2. The van der Waals surface area contributed by atoms with Crippen LogP contribution in [0.3, 0.4) is 0 Å². The highest BCUT2D eigenvalue weighted by molar-refractivity contribution is 6.37. The van der Waals surface area contributed by atoms with Crippen LogP contribution in [0.25, 0.3) is 0 Å². The van der Waals surface area contributed by atoms with Crippen molar-refractivity contribution in [3.8, 4) is 11.5 Å². The topological polar surface area (TPSA) is 164 Å². The number of aromatic nitrogens is 8. The van der Waals surface area contributed by atoms with Crippen LogP contribution in [0.1, 0.15) is 37.9 Å². The van der Waals surface area contributed by atoms with Gasteiger partial charge >= 0.3 is 6.18 Å². The van der Waals surface area contributed by atoms with Crippen molar-refractivity contribution in [2.75, 3.05) is 24.9 Å². The number of carbonyl (C=O) groups is 2. The van der Waals surface area contributed by atoms with Crippen molar-refractivity contribution in [2.24, 2.45) is 0 Å². The summed E-state index contributed by atoms with van der Waals surface area (Å²) in [6.07, 6.45) is -4.87. The van der Waals surface area contributed by atoms with Crippen molar-refractivity contribution in [1.29, 1.82) is 0 Å². The molecule has 0 saturated carbocycles. The number of benzene rings is 3. The molecular formula is C27H22ClF3N10O4. The minimum absolute atomic E-state index is 0.0720. The maximum absolute atomic E-state index is 13.9. The van der Waals surface area contributed by atoms with E-state index in [1.807, 2.05) is 0 Å². The van der Waals surface area contributed by atoms with Crippen LogP contribution in [0.5, 0.6) is 11.5 Å². The number of tetrazole rings is 2. The molecule has 2 N–H and O–H groups in total. The number of methoxy groups -OCH3 is 2. The molecule has 0 spiro atoms. The molecule has 232 valence electrons. The van der Waals surface area contributed by atoms with Crippen LogP contribution in [0, 0.1) is 0 Å². The molecule has 3 aromatic carbocycles. The molecular weight excluding hydrogens is 621 g/mol. The maximum Gasteiger partial charge on any atom is 0.416 e. The van der Waals surface area contributed by atoms with Crippen molar-refractivity contribution in [3.63, 3.8) is 0 Å². The van der Waals surface area contributed by atoms with E-state index in [-0.39, 0.29) is 24.7 Å². The second-order valence-corrected chi connectivity index (χ2v) is 9.69. The largest absolute Gasteiger partial charge is 0.497 e. The van der Waals surface area contributed by atoms with Crippen LogP contribution in [0.4, 0.5) is 24.5 Å². The van der Waals surface area contributed by atoms with E-state index >= 15 is 0 Å². The summed E-state index contributed by atoms with van der Waals surface area (Å²) >= 11 is 6.40. The third kappa shape index (κ3) is 7.15. The Balaban J connectivity index is 1.38. The van der Waals surface area contributed by atoms with Crippen LogP contribution >= 0.6 is 11.6 Å². The van der Waals surface area contributed by atoms with Gasteiger partial charge in [0, 0.05) is 0 Å². The highest BCUT2D eigenvalue weighted by Crippen LogP contribution is 2.39. The van der Waals surface area contributed by atoms with Gasteiger partial charge in [-0.2, -0.15) is 13.2 Å². The van der Waals surface area contributed by atoms with Gasteiger partial charge in [-0.1, -0.05) is 35.9 Å². The molecule has 45 heavy (non-hydrogen) atoms. The normalized spacial score (nSPS) is 11.2. The molecule has 0 unspecified atom stereocenters. The Hall–Kier alpha value is -5.58. The minimum atomic E-state index is -4.87. The third-order valence-corrected chi connectivity index (χ3v) is 6.76. The predicted molar refractivity (Wildman–Crippen MR) is 152 cm³/mol. The van der Waals surface area contributed by atoms with Crippen LogP contribution in [-0.2, 0) is 19.3 Å². The number of rotatable bonds is 10. The summed E-state index contributed by atoms with van der Waals surface area (Å²) < 4.78 is 54.2. The maximum atomic E-state index is 13.9. The van der Waals surface area contributed by atoms with E-state index in [0.717, 1.165) is 9.36 Å². The van der Waals surface area contributed by atoms with Gasteiger partial charge in [-0.15, -0.1) is 10.2 Å². The van der Waals surface area contributed by atoms with E-state index in [0.29, 0.717) is 34.8 Å². The number of anilines is 2. The highest BCUT2D eigenvalue weighted by atomic mass is 35.5. The molecule has 2 heterocycles. The summed E-state index contributed by atoms with van der Waals surface area (Å²) in [6.45, 7) is 0.144. The summed E-state index contributed by atoms with van der Waals surface area (Å²) in [5, 5.41) is 26.2. The Labute approximate surface area is 257 Å². The average Bonchev–Trinajstić information content (AvgIpc) is 3.69. The molecule has 0 aliphatic rings. The van der Waals surface area contributed by atoms with Crippen molar-refractivity contribution in [2.45, 2.75) is 19.3 Å². The molecule has 0 radical (unpaired) electrons. The Morgan fingerprint density at radius 1 is 0.756 bits per heavy atom. The fraction of sp³-hybridized carbons (Fsp3) is 0.185. The molecule has 5 rings (SSSR count). The fourth-order valence-corrected chi connectivity index (χ4v) is 4.29.